The van der Waals surface area contributed by atoms with Crippen LogP contribution >= 0.6 is 0 Å². The number of carbonyl (C=O) groups is 2. The lowest BCUT2D eigenvalue weighted by molar-refractivity contribution is -0.117. The molecule has 0 aliphatic carbocycles. The minimum Gasteiger partial charge on any atom is -0.493 e. The molecule has 0 unspecified atom stereocenters. The second-order valence-corrected chi connectivity index (χ2v) is 6.93. The predicted molar refractivity (Wildman–Crippen MR) is 98.9 cm³/mol. The number of carbonyl (C=O) groups excluding carboxylic acids is 2. The number of methoxy groups -OCH3 is 2. The minimum atomic E-state index is -0.183. The van der Waals surface area contributed by atoms with Crippen molar-refractivity contribution >= 4 is 17.6 Å². The van der Waals surface area contributed by atoms with Gasteiger partial charge in [0, 0.05) is 37.3 Å². The Balaban J connectivity index is 1.66. The Morgan fingerprint density at radius 2 is 1.96 bits per heavy atom. The molecule has 0 saturated carbocycles. The number of nitrogens with one attached hydrogen (secondary N) is 1. The lowest BCUT2D eigenvalue weighted by Gasteiger charge is -2.34. The molecule has 2 aliphatic heterocycles. The number of likely N-dealkylation sites (tertiary alicyclic amines) is 1. The van der Waals surface area contributed by atoms with E-state index >= 15 is 0 Å². The Hall–Kier alpha value is -2.44. The number of amides is 3. The second-order valence-electron chi connectivity index (χ2n) is 6.93. The Morgan fingerprint density at radius 1 is 1.19 bits per heavy atom. The van der Waals surface area contributed by atoms with Crippen LogP contribution in [0.2, 0.25) is 0 Å². The fourth-order valence-corrected chi connectivity index (χ4v) is 3.70. The normalized spacial score (nSPS) is 23.1. The predicted octanol–water partition coefficient (Wildman–Crippen LogP) is 2.39. The largest absolute Gasteiger partial charge is 0.493 e. The number of piperidine rings is 1. The number of urea groups is 1. The van der Waals surface area contributed by atoms with E-state index in [4.69, 9.17) is 9.47 Å². The van der Waals surface area contributed by atoms with Crippen LogP contribution in [0.25, 0.3) is 0 Å². The van der Waals surface area contributed by atoms with Crippen molar-refractivity contribution in [3.63, 3.8) is 0 Å². The quantitative estimate of drug-likeness (QED) is 0.894. The Kier molecular flexibility index (Phi) is 5.54. The average molecular weight is 361 g/mol. The third kappa shape index (κ3) is 3.71. The smallest absolute Gasteiger partial charge is 0.317 e. The van der Waals surface area contributed by atoms with E-state index in [1.54, 1.807) is 31.3 Å². The molecule has 0 aromatic heterocycles. The summed E-state index contributed by atoms with van der Waals surface area (Å²) >= 11 is 0. The summed E-state index contributed by atoms with van der Waals surface area (Å²) in [6.45, 7) is 3.32. The highest BCUT2D eigenvalue weighted by atomic mass is 16.5. The van der Waals surface area contributed by atoms with Gasteiger partial charge in [0.1, 0.15) is 0 Å². The lowest BCUT2D eigenvalue weighted by atomic mass is 10.0. The van der Waals surface area contributed by atoms with E-state index in [9.17, 15) is 9.59 Å². The summed E-state index contributed by atoms with van der Waals surface area (Å²) in [5, 5.41) is 3.03. The highest BCUT2D eigenvalue weighted by molar-refractivity contribution is 5.97. The maximum atomic E-state index is 12.5. The third-order valence-corrected chi connectivity index (χ3v) is 5.20. The number of hydrogen-bond donors (Lipinski definition) is 1. The SMILES string of the molecule is COc1ccc(N2C[C@@H](NC(=O)N3CCCC[C@H]3C)CC2=O)cc1OC. The van der Waals surface area contributed by atoms with Crippen molar-refractivity contribution in [2.45, 2.75) is 44.7 Å². The molecule has 26 heavy (non-hydrogen) atoms. The van der Waals surface area contributed by atoms with Gasteiger partial charge >= 0.3 is 6.03 Å². The van der Waals surface area contributed by atoms with Gasteiger partial charge in [-0.05, 0) is 38.3 Å². The number of anilines is 1. The number of benzene rings is 1. The molecule has 3 rings (SSSR count). The molecule has 2 aliphatic rings. The Labute approximate surface area is 154 Å². The van der Waals surface area contributed by atoms with E-state index in [2.05, 4.69) is 12.2 Å². The standard InChI is InChI=1S/C19H27N3O4/c1-13-6-4-5-9-21(13)19(24)20-14-10-18(23)22(12-14)15-7-8-16(25-2)17(11-15)26-3/h7-8,11,13-14H,4-6,9-10,12H2,1-3H3,(H,20,24)/t13-,14+/m1/s1. The molecule has 7 nitrogen and oxygen atoms in total. The summed E-state index contributed by atoms with van der Waals surface area (Å²) < 4.78 is 10.6. The van der Waals surface area contributed by atoms with Gasteiger partial charge in [-0.25, -0.2) is 4.79 Å². The zero-order chi connectivity index (χ0) is 18.7. The Bertz CT molecular complexity index is 679. The lowest BCUT2D eigenvalue weighted by Crippen LogP contribution is -2.50. The summed E-state index contributed by atoms with van der Waals surface area (Å²) in [5.41, 5.74) is 0.746. The van der Waals surface area contributed by atoms with Crippen molar-refractivity contribution in [1.82, 2.24) is 10.2 Å². The third-order valence-electron chi connectivity index (χ3n) is 5.20. The molecule has 2 saturated heterocycles. The van der Waals surface area contributed by atoms with Crippen molar-refractivity contribution in [3.05, 3.63) is 18.2 Å². The number of nitrogens with zero attached hydrogens (tertiary/aromatic N) is 2. The fraction of sp³-hybridized carbons (Fsp3) is 0.579. The molecule has 0 spiro atoms. The van der Waals surface area contributed by atoms with Crippen molar-refractivity contribution in [2.75, 3.05) is 32.2 Å². The molecule has 2 atom stereocenters. The van der Waals surface area contributed by atoms with Gasteiger partial charge in [-0.15, -0.1) is 0 Å². The summed E-state index contributed by atoms with van der Waals surface area (Å²) in [6, 6.07) is 5.40. The zero-order valence-corrected chi connectivity index (χ0v) is 15.7. The van der Waals surface area contributed by atoms with Gasteiger partial charge in [-0.1, -0.05) is 0 Å². The molecule has 0 bridgehead atoms. The van der Waals surface area contributed by atoms with E-state index < -0.39 is 0 Å². The molecule has 0 radical (unpaired) electrons. The molecule has 2 fully saturated rings. The molecule has 7 heteroatoms. The number of hydrogen-bond acceptors (Lipinski definition) is 4. The topological polar surface area (TPSA) is 71.1 Å². The van der Waals surface area contributed by atoms with Crippen molar-refractivity contribution in [3.8, 4) is 11.5 Å². The van der Waals surface area contributed by atoms with Crippen LogP contribution in [0, 0.1) is 0 Å². The summed E-state index contributed by atoms with van der Waals surface area (Å²) in [6.07, 6.45) is 3.55. The van der Waals surface area contributed by atoms with Gasteiger partial charge in [0.25, 0.3) is 0 Å². The van der Waals surface area contributed by atoms with Crippen LogP contribution in [-0.4, -0.2) is 56.2 Å². The fourth-order valence-electron chi connectivity index (χ4n) is 3.70. The summed E-state index contributed by atoms with van der Waals surface area (Å²) in [7, 11) is 3.14. The van der Waals surface area contributed by atoms with Crippen LogP contribution in [0.15, 0.2) is 18.2 Å². The molecular formula is C19H27N3O4. The van der Waals surface area contributed by atoms with E-state index in [0.717, 1.165) is 25.1 Å². The number of ether oxygens (including phenoxy) is 2. The molecule has 1 aromatic rings. The molecule has 1 aromatic carbocycles. The summed E-state index contributed by atoms with van der Waals surface area (Å²) in [5.74, 6) is 1.19. The first-order chi connectivity index (χ1) is 12.5. The molecule has 2 heterocycles. The van der Waals surface area contributed by atoms with Crippen molar-refractivity contribution in [2.24, 2.45) is 0 Å². The van der Waals surface area contributed by atoms with E-state index in [1.807, 2.05) is 11.0 Å². The van der Waals surface area contributed by atoms with Gasteiger partial charge in [-0.2, -0.15) is 0 Å². The van der Waals surface area contributed by atoms with Crippen LogP contribution in [0.4, 0.5) is 10.5 Å². The number of rotatable bonds is 4. The van der Waals surface area contributed by atoms with Crippen LogP contribution in [-0.2, 0) is 4.79 Å². The van der Waals surface area contributed by atoms with Crippen molar-refractivity contribution < 1.29 is 19.1 Å². The zero-order valence-electron chi connectivity index (χ0n) is 15.7. The first-order valence-electron chi connectivity index (χ1n) is 9.13. The van der Waals surface area contributed by atoms with Gasteiger partial charge < -0.3 is 24.6 Å². The maximum absolute atomic E-state index is 12.5. The monoisotopic (exact) mass is 361 g/mol. The minimum absolute atomic E-state index is 0.00536. The van der Waals surface area contributed by atoms with Crippen LogP contribution in [0.1, 0.15) is 32.6 Å². The molecule has 1 N–H and O–H groups in total. The highest BCUT2D eigenvalue weighted by Gasteiger charge is 2.34. The van der Waals surface area contributed by atoms with Crippen LogP contribution in [0.5, 0.6) is 11.5 Å². The van der Waals surface area contributed by atoms with Gasteiger partial charge in [0.15, 0.2) is 11.5 Å². The maximum Gasteiger partial charge on any atom is 0.317 e. The second kappa shape index (κ2) is 7.85. The average Bonchev–Trinajstić information content (AvgIpc) is 3.01. The van der Waals surface area contributed by atoms with Crippen LogP contribution < -0.4 is 19.7 Å². The van der Waals surface area contributed by atoms with E-state index in [1.165, 1.54) is 6.42 Å². The van der Waals surface area contributed by atoms with Gasteiger partial charge in [0.2, 0.25) is 5.91 Å². The molecular weight excluding hydrogens is 334 g/mol. The first-order valence-corrected chi connectivity index (χ1v) is 9.13. The van der Waals surface area contributed by atoms with Gasteiger partial charge in [-0.3, -0.25) is 4.79 Å². The van der Waals surface area contributed by atoms with Gasteiger partial charge in [0.05, 0.1) is 20.3 Å². The first kappa shape index (κ1) is 18.4. The summed E-state index contributed by atoms with van der Waals surface area (Å²) in [4.78, 5) is 28.6. The van der Waals surface area contributed by atoms with E-state index in [0.29, 0.717) is 24.5 Å². The van der Waals surface area contributed by atoms with Crippen molar-refractivity contribution in [1.29, 1.82) is 0 Å². The molecule has 142 valence electrons. The van der Waals surface area contributed by atoms with E-state index in [-0.39, 0.29) is 24.0 Å². The Morgan fingerprint density at radius 3 is 2.65 bits per heavy atom. The molecule has 3 amide bonds. The van der Waals surface area contributed by atoms with Crippen LogP contribution in [0.3, 0.4) is 0 Å². The highest BCUT2D eigenvalue weighted by Crippen LogP contribution is 2.33.